The molecule has 134 valence electrons. The molecule has 1 aromatic carbocycles. The van der Waals surface area contributed by atoms with Gasteiger partial charge in [-0.05, 0) is 44.7 Å². The molecule has 2 aromatic rings. The highest BCUT2D eigenvalue weighted by Gasteiger charge is 2.21. The summed E-state index contributed by atoms with van der Waals surface area (Å²) in [6.07, 6.45) is 3.83. The molecule has 0 spiro atoms. The van der Waals surface area contributed by atoms with Gasteiger partial charge in [0, 0.05) is 19.1 Å². The van der Waals surface area contributed by atoms with Gasteiger partial charge in [0.15, 0.2) is 0 Å². The van der Waals surface area contributed by atoms with Crippen LogP contribution in [-0.2, 0) is 11.3 Å². The van der Waals surface area contributed by atoms with Crippen LogP contribution in [0.15, 0.2) is 33.9 Å². The van der Waals surface area contributed by atoms with Crippen LogP contribution in [-0.4, -0.2) is 33.0 Å². The van der Waals surface area contributed by atoms with Crippen molar-refractivity contribution in [1.29, 1.82) is 0 Å². The van der Waals surface area contributed by atoms with E-state index in [1.54, 1.807) is 24.3 Å². The van der Waals surface area contributed by atoms with Crippen molar-refractivity contribution < 1.29 is 4.79 Å². The smallest absolute Gasteiger partial charge is 0.332 e. The lowest BCUT2D eigenvalue weighted by Gasteiger charge is -2.27. The van der Waals surface area contributed by atoms with Gasteiger partial charge in [-0.1, -0.05) is 19.1 Å². The number of piperidine rings is 1. The fourth-order valence-corrected chi connectivity index (χ4v) is 3.44. The lowest BCUT2D eigenvalue weighted by molar-refractivity contribution is -0.132. The van der Waals surface area contributed by atoms with Gasteiger partial charge in [-0.15, -0.1) is 0 Å². The average molecular weight is 343 g/mol. The first-order valence-electron chi connectivity index (χ1n) is 9.06. The fraction of sp³-hybridized carbons (Fsp3) is 0.526. The second kappa shape index (κ2) is 7.25. The number of benzene rings is 1. The van der Waals surface area contributed by atoms with Crippen LogP contribution in [0.25, 0.3) is 10.9 Å². The molecule has 0 bridgehead atoms. The van der Waals surface area contributed by atoms with Gasteiger partial charge < -0.3 is 4.90 Å². The molecule has 0 unspecified atom stereocenters. The minimum Gasteiger partial charge on any atom is -0.341 e. The summed E-state index contributed by atoms with van der Waals surface area (Å²) in [6.45, 7) is 5.27. The van der Waals surface area contributed by atoms with Gasteiger partial charge in [0.25, 0.3) is 5.56 Å². The quantitative estimate of drug-likeness (QED) is 0.854. The SMILES string of the molecule is CC[C@H](C)n1c(=O)c2ccccc2n(CC(=O)N2CCCCC2)c1=O. The van der Waals surface area contributed by atoms with Gasteiger partial charge in [0.1, 0.15) is 6.54 Å². The molecule has 1 aliphatic rings. The van der Waals surface area contributed by atoms with E-state index >= 15 is 0 Å². The molecule has 6 heteroatoms. The Morgan fingerprint density at radius 1 is 1.12 bits per heavy atom. The van der Waals surface area contributed by atoms with E-state index in [2.05, 4.69) is 0 Å². The lowest BCUT2D eigenvalue weighted by atomic mass is 10.1. The number of carbonyl (C=O) groups is 1. The number of carbonyl (C=O) groups excluding carboxylic acids is 1. The predicted molar refractivity (Wildman–Crippen MR) is 97.9 cm³/mol. The lowest BCUT2D eigenvalue weighted by Crippen LogP contribution is -2.45. The number of rotatable bonds is 4. The minimum absolute atomic E-state index is 0.0178. The highest BCUT2D eigenvalue weighted by Crippen LogP contribution is 2.13. The number of likely N-dealkylation sites (tertiary alicyclic amines) is 1. The topological polar surface area (TPSA) is 64.3 Å². The van der Waals surface area contributed by atoms with Gasteiger partial charge in [-0.25, -0.2) is 4.79 Å². The van der Waals surface area contributed by atoms with Crippen LogP contribution >= 0.6 is 0 Å². The number of hydrogen-bond donors (Lipinski definition) is 0. The molecule has 0 radical (unpaired) electrons. The first-order chi connectivity index (χ1) is 12.0. The van der Waals surface area contributed by atoms with E-state index in [4.69, 9.17) is 0 Å². The first kappa shape index (κ1) is 17.5. The number of hydrogen-bond acceptors (Lipinski definition) is 3. The Morgan fingerprint density at radius 2 is 1.80 bits per heavy atom. The van der Waals surface area contributed by atoms with Gasteiger partial charge in [-0.3, -0.25) is 18.7 Å². The zero-order chi connectivity index (χ0) is 18.0. The van der Waals surface area contributed by atoms with Crippen molar-refractivity contribution in [2.24, 2.45) is 0 Å². The van der Waals surface area contributed by atoms with E-state index in [0.29, 0.717) is 17.3 Å². The van der Waals surface area contributed by atoms with Crippen molar-refractivity contribution in [1.82, 2.24) is 14.0 Å². The van der Waals surface area contributed by atoms with E-state index in [1.807, 2.05) is 18.7 Å². The van der Waals surface area contributed by atoms with Crippen LogP contribution in [0.3, 0.4) is 0 Å². The summed E-state index contributed by atoms with van der Waals surface area (Å²) in [6, 6.07) is 6.82. The fourth-order valence-electron chi connectivity index (χ4n) is 3.44. The van der Waals surface area contributed by atoms with Crippen LogP contribution in [0.2, 0.25) is 0 Å². The number of para-hydroxylation sites is 1. The van der Waals surface area contributed by atoms with Gasteiger partial charge in [0.05, 0.1) is 10.9 Å². The van der Waals surface area contributed by atoms with Gasteiger partial charge in [0.2, 0.25) is 5.91 Å². The summed E-state index contributed by atoms with van der Waals surface area (Å²) in [5.74, 6) is -0.0543. The van der Waals surface area contributed by atoms with Crippen LogP contribution in [0.1, 0.15) is 45.6 Å². The number of amides is 1. The van der Waals surface area contributed by atoms with Gasteiger partial charge >= 0.3 is 5.69 Å². The molecule has 6 nitrogen and oxygen atoms in total. The van der Waals surface area contributed by atoms with Crippen LogP contribution < -0.4 is 11.2 Å². The molecule has 0 aliphatic carbocycles. The van der Waals surface area contributed by atoms with E-state index in [0.717, 1.165) is 32.4 Å². The Hall–Kier alpha value is -2.37. The molecule has 1 amide bonds. The predicted octanol–water partition coefficient (Wildman–Crippen LogP) is 2.15. The third-order valence-corrected chi connectivity index (χ3v) is 5.11. The Balaban J connectivity index is 2.11. The number of fused-ring (bicyclic) bond motifs is 1. The second-order valence-electron chi connectivity index (χ2n) is 6.76. The van der Waals surface area contributed by atoms with E-state index in [9.17, 15) is 14.4 Å². The highest BCUT2D eigenvalue weighted by molar-refractivity contribution is 5.81. The molecular formula is C19H25N3O3. The maximum Gasteiger partial charge on any atom is 0.332 e. The Labute approximate surface area is 146 Å². The van der Waals surface area contributed by atoms with Crippen LogP contribution in [0, 0.1) is 0 Å². The monoisotopic (exact) mass is 343 g/mol. The Kier molecular flexibility index (Phi) is 5.06. The van der Waals surface area contributed by atoms with Gasteiger partial charge in [-0.2, -0.15) is 0 Å². The summed E-state index contributed by atoms with van der Waals surface area (Å²) >= 11 is 0. The Bertz CT molecular complexity index is 891. The Morgan fingerprint density at radius 3 is 2.48 bits per heavy atom. The number of aromatic nitrogens is 2. The van der Waals surface area contributed by atoms with Crippen molar-refractivity contribution in [3.8, 4) is 0 Å². The average Bonchev–Trinajstić information content (AvgIpc) is 2.65. The van der Waals surface area contributed by atoms with Crippen LogP contribution in [0.4, 0.5) is 0 Å². The van der Waals surface area contributed by atoms with Crippen molar-refractivity contribution in [3.63, 3.8) is 0 Å². The zero-order valence-corrected chi connectivity index (χ0v) is 14.9. The molecule has 1 fully saturated rings. The van der Waals surface area contributed by atoms with Crippen molar-refractivity contribution in [2.45, 2.75) is 52.1 Å². The van der Waals surface area contributed by atoms with E-state index in [1.165, 1.54) is 9.13 Å². The summed E-state index contributed by atoms with van der Waals surface area (Å²) < 4.78 is 2.74. The molecule has 0 N–H and O–H groups in total. The minimum atomic E-state index is -0.400. The normalized spacial score (nSPS) is 16.2. The third kappa shape index (κ3) is 3.25. The highest BCUT2D eigenvalue weighted by atomic mass is 16.2. The van der Waals surface area contributed by atoms with Crippen molar-refractivity contribution in [3.05, 3.63) is 45.1 Å². The standard InChI is InChI=1S/C19H25N3O3/c1-3-14(2)22-18(24)15-9-5-6-10-16(15)21(19(22)25)13-17(23)20-11-7-4-8-12-20/h5-6,9-10,14H,3-4,7-8,11-13H2,1-2H3/t14-/m0/s1. The zero-order valence-electron chi connectivity index (χ0n) is 14.9. The maximum atomic E-state index is 13.0. The summed E-state index contributed by atoms with van der Waals surface area (Å²) in [7, 11) is 0. The first-order valence-corrected chi connectivity index (χ1v) is 9.06. The molecule has 2 heterocycles. The van der Waals surface area contributed by atoms with E-state index < -0.39 is 5.69 Å². The molecule has 1 saturated heterocycles. The maximum absolute atomic E-state index is 13.0. The second-order valence-corrected chi connectivity index (χ2v) is 6.76. The molecule has 1 atom stereocenters. The van der Waals surface area contributed by atoms with E-state index in [-0.39, 0.29) is 24.1 Å². The molecule has 1 aromatic heterocycles. The molecule has 0 saturated carbocycles. The number of nitrogens with zero attached hydrogens (tertiary/aromatic N) is 3. The molecular weight excluding hydrogens is 318 g/mol. The third-order valence-electron chi connectivity index (χ3n) is 5.11. The van der Waals surface area contributed by atoms with Crippen molar-refractivity contribution in [2.75, 3.05) is 13.1 Å². The van der Waals surface area contributed by atoms with Crippen molar-refractivity contribution >= 4 is 16.8 Å². The summed E-state index contributed by atoms with van der Waals surface area (Å²) in [4.78, 5) is 40.2. The summed E-state index contributed by atoms with van der Waals surface area (Å²) in [5, 5.41) is 0.480. The molecule has 1 aliphatic heterocycles. The molecule has 25 heavy (non-hydrogen) atoms. The largest absolute Gasteiger partial charge is 0.341 e. The summed E-state index contributed by atoms with van der Waals surface area (Å²) in [5.41, 5.74) is -0.151. The van der Waals surface area contributed by atoms with Crippen LogP contribution in [0.5, 0.6) is 0 Å². The molecule has 3 rings (SSSR count).